The van der Waals surface area contributed by atoms with Gasteiger partial charge in [-0.15, -0.1) is 0 Å². The lowest BCUT2D eigenvalue weighted by atomic mass is 10.1. The highest BCUT2D eigenvalue weighted by Gasteiger charge is 2.22. The van der Waals surface area contributed by atoms with E-state index in [9.17, 15) is 4.39 Å². The van der Waals surface area contributed by atoms with E-state index in [2.05, 4.69) is 58.9 Å². The second-order valence-corrected chi connectivity index (χ2v) is 8.29. The van der Waals surface area contributed by atoms with E-state index in [1.165, 1.54) is 30.0 Å². The molecule has 2 N–H and O–H groups in total. The van der Waals surface area contributed by atoms with Crippen molar-refractivity contribution in [1.82, 2.24) is 15.5 Å². The minimum absolute atomic E-state index is 0.0942. The molecular formula is C24H33FN4O. The molecule has 1 saturated carbocycles. The average molecular weight is 413 g/mol. The first-order chi connectivity index (χ1) is 14.4. The molecule has 2 aromatic rings. The Labute approximate surface area is 179 Å². The molecule has 2 aromatic carbocycles. The highest BCUT2D eigenvalue weighted by molar-refractivity contribution is 5.80. The van der Waals surface area contributed by atoms with E-state index in [0.29, 0.717) is 30.8 Å². The van der Waals surface area contributed by atoms with Crippen molar-refractivity contribution in [3.63, 3.8) is 0 Å². The van der Waals surface area contributed by atoms with Crippen LogP contribution in [0, 0.1) is 11.7 Å². The standard InChI is InChI=1S/C24H33FN4O/c1-17(21-10-11-23(22(25)13-21)30-16-18-8-9-18)28-24(26-2)27-14-19-6-5-7-20(12-19)15-29(3)4/h5-7,10-13,17-18H,8-9,14-16H2,1-4H3,(H2,26,27,28). The van der Waals surface area contributed by atoms with E-state index in [-0.39, 0.29) is 11.9 Å². The van der Waals surface area contributed by atoms with Crippen molar-refractivity contribution >= 4 is 5.96 Å². The van der Waals surface area contributed by atoms with Crippen molar-refractivity contribution in [2.45, 2.75) is 38.9 Å². The minimum atomic E-state index is -0.317. The molecule has 0 heterocycles. The molecule has 1 aliphatic carbocycles. The van der Waals surface area contributed by atoms with Crippen LogP contribution in [0.15, 0.2) is 47.5 Å². The molecule has 6 heteroatoms. The SMILES string of the molecule is CN=C(NCc1cccc(CN(C)C)c1)NC(C)c1ccc(OCC2CC2)c(F)c1. The third-order valence-corrected chi connectivity index (χ3v) is 5.15. The number of benzene rings is 2. The molecule has 30 heavy (non-hydrogen) atoms. The van der Waals surface area contributed by atoms with Crippen LogP contribution in [0.3, 0.4) is 0 Å². The van der Waals surface area contributed by atoms with E-state index >= 15 is 0 Å². The first-order valence-electron chi connectivity index (χ1n) is 10.6. The van der Waals surface area contributed by atoms with E-state index in [4.69, 9.17) is 4.74 Å². The van der Waals surface area contributed by atoms with Gasteiger partial charge in [0.25, 0.3) is 0 Å². The number of hydrogen-bond donors (Lipinski definition) is 2. The Balaban J connectivity index is 1.54. The zero-order valence-electron chi connectivity index (χ0n) is 18.4. The lowest BCUT2D eigenvalue weighted by molar-refractivity contribution is 0.285. The summed E-state index contributed by atoms with van der Waals surface area (Å²) in [5.41, 5.74) is 3.31. The van der Waals surface area contributed by atoms with Crippen molar-refractivity contribution in [2.24, 2.45) is 10.9 Å². The quantitative estimate of drug-likeness (QED) is 0.481. The summed E-state index contributed by atoms with van der Waals surface area (Å²) in [5.74, 6) is 1.29. The van der Waals surface area contributed by atoms with E-state index in [1.807, 2.05) is 13.0 Å². The van der Waals surface area contributed by atoms with Crippen LogP contribution >= 0.6 is 0 Å². The molecule has 1 aliphatic rings. The van der Waals surface area contributed by atoms with Gasteiger partial charge < -0.3 is 20.3 Å². The van der Waals surface area contributed by atoms with Gasteiger partial charge in [0.05, 0.1) is 12.6 Å². The van der Waals surface area contributed by atoms with Crippen LogP contribution in [0.1, 0.15) is 42.5 Å². The lowest BCUT2D eigenvalue weighted by Crippen LogP contribution is -2.38. The fourth-order valence-corrected chi connectivity index (χ4v) is 3.27. The van der Waals surface area contributed by atoms with Crippen molar-refractivity contribution in [2.75, 3.05) is 27.7 Å². The van der Waals surface area contributed by atoms with Crippen LogP contribution in [-0.4, -0.2) is 38.6 Å². The second kappa shape index (κ2) is 10.4. The smallest absolute Gasteiger partial charge is 0.191 e. The largest absolute Gasteiger partial charge is 0.490 e. The molecule has 0 bridgehead atoms. The average Bonchev–Trinajstić information content (AvgIpc) is 3.54. The fraction of sp³-hybridized carbons (Fsp3) is 0.458. The number of nitrogens with zero attached hydrogens (tertiary/aromatic N) is 2. The van der Waals surface area contributed by atoms with Crippen LogP contribution in [0.25, 0.3) is 0 Å². The summed E-state index contributed by atoms with van der Waals surface area (Å²) in [6.07, 6.45) is 2.37. The van der Waals surface area contributed by atoms with Gasteiger partial charge in [0, 0.05) is 20.1 Å². The maximum Gasteiger partial charge on any atom is 0.191 e. The van der Waals surface area contributed by atoms with Crippen LogP contribution < -0.4 is 15.4 Å². The number of rotatable bonds is 9. The summed E-state index contributed by atoms with van der Waals surface area (Å²) in [7, 11) is 5.86. The Bertz CT molecular complexity index is 864. The molecule has 0 spiro atoms. The molecule has 5 nitrogen and oxygen atoms in total. The van der Waals surface area contributed by atoms with Crippen molar-refractivity contribution in [3.8, 4) is 5.75 Å². The Morgan fingerprint density at radius 3 is 2.63 bits per heavy atom. The molecule has 1 atom stereocenters. The first kappa shape index (κ1) is 22.1. The minimum Gasteiger partial charge on any atom is -0.490 e. The Morgan fingerprint density at radius 1 is 1.20 bits per heavy atom. The number of halogens is 1. The molecule has 1 fully saturated rings. The monoisotopic (exact) mass is 412 g/mol. The van der Waals surface area contributed by atoms with Gasteiger partial charge in [0.1, 0.15) is 0 Å². The van der Waals surface area contributed by atoms with Gasteiger partial charge >= 0.3 is 0 Å². The Hall–Kier alpha value is -2.60. The normalized spacial score (nSPS) is 15.2. The number of ether oxygens (including phenoxy) is 1. The summed E-state index contributed by atoms with van der Waals surface area (Å²) >= 11 is 0. The third-order valence-electron chi connectivity index (χ3n) is 5.15. The molecular weight excluding hydrogens is 379 g/mol. The van der Waals surface area contributed by atoms with Gasteiger partial charge in [-0.05, 0) is 68.6 Å². The molecule has 0 amide bonds. The molecule has 3 rings (SSSR count). The summed E-state index contributed by atoms with van der Waals surface area (Å²) in [6, 6.07) is 13.6. The summed E-state index contributed by atoms with van der Waals surface area (Å²) < 4.78 is 20.0. The lowest BCUT2D eigenvalue weighted by Gasteiger charge is -2.19. The number of hydrogen-bond acceptors (Lipinski definition) is 3. The number of aliphatic imine (C=N–C) groups is 1. The van der Waals surface area contributed by atoms with Crippen molar-refractivity contribution in [1.29, 1.82) is 0 Å². The van der Waals surface area contributed by atoms with Gasteiger partial charge in [-0.2, -0.15) is 0 Å². The van der Waals surface area contributed by atoms with Crippen LogP contribution in [0.4, 0.5) is 4.39 Å². The highest BCUT2D eigenvalue weighted by Crippen LogP contribution is 2.30. The molecule has 1 unspecified atom stereocenters. The fourth-order valence-electron chi connectivity index (χ4n) is 3.27. The predicted molar refractivity (Wildman–Crippen MR) is 120 cm³/mol. The molecule has 0 aliphatic heterocycles. The topological polar surface area (TPSA) is 48.9 Å². The van der Waals surface area contributed by atoms with E-state index in [0.717, 1.165) is 12.1 Å². The summed E-state index contributed by atoms with van der Waals surface area (Å²) in [6.45, 7) is 4.17. The van der Waals surface area contributed by atoms with E-state index in [1.54, 1.807) is 13.1 Å². The maximum absolute atomic E-state index is 14.4. The molecule has 0 radical (unpaired) electrons. The van der Waals surface area contributed by atoms with Gasteiger partial charge in [0.15, 0.2) is 17.5 Å². The molecule has 0 saturated heterocycles. The van der Waals surface area contributed by atoms with Gasteiger partial charge in [-0.1, -0.05) is 30.3 Å². The van der Waals surface area contributed by atoms with Gasteiger partial charge in [-0.25, -0.2) is 4.39 Å². The third kappa shape index (κ3) is 6.73. The number of nitrogens with one attached hydrogen (secondary N) is 2. The van der Waals surface area contributed by atoms with Crippen molar-refractivity contribution in [3.05, 3.63) is 65.0 Å². The van der Waals surface area contributed by atoms with Crippen molar-refractivity contribution < 1.29 is 9.13 Å². The zero-order valence-corrected chi connectivity index (χ0v) is 18.4. The second-order valence-electron chi connectivity index (χ2n) is 8.29. The van der Waals surface area contributed by atoms with Gasteiger partial charge in [-0.3, -0.25) is 4.99 Å². The number of guanidine groups is 1. The van der Waals surface area contributed by atoms with Crippen LogP contribution in [-0.2, 0) is 13.1 Å². The van der Waals surface area contributed by atoms with Crippen LogP contribution in [0.2, 0.25) is 0 Å². The van der Waals surface area contributed by atoms with Crippen LogP contribution in [0.5, 0.6) is 5.75 Å². The molecule has 0 aromatic heterocycles. The molecule has 162 valence electrons. The Kier molecular flexibility index (Phi) is 7.69. The first-order valence-corrected chi connectivity index (χ1v) is 10.6. The predicted octanol–water partition coefficient (Wildman–Crippen LogP) is 4.10. The van der Waals surface area contributed by atoms with E-state index < -0.39 is 0 Å². The Morgan fingerprint density at radius 2 is 1.97 bits per heavy atom. The zero-order chi connectivity index (χ0) is 21.5. The summed E-state index contributed by atoms with van der Waals surface area (Å²) in [4.78, 5) is 6.45. The maximum atomic E-state index is 14.4. The highest BCUT2D eigenvalue weighted by atomic mass is 19.1. The summed E-state index contributed by atoms with van der Waals surface area (Å²) in [5, 5.41) is 6.67. The van der Waals surface area contributed by atoms with Gasteiger partial charge in [0.2, 0.25) is 0 Å².